The van der Waals surface area contributed by atoms with E-state index in [1.54, 1.807) is 29.0 Å². The second-order valence-electron chi connectivity index (χ2n) is 6.36. The zero-order valence-electron chi connectivity index (χ0n) is 16.1. The van der Waals surface area contributed by atoms with E-state index < -0.39 is 0 Å². The fraction of sp³-hybridized carbons (Fsp3) is 0.333. The van der Waals surface area contributed by atoms with Gasteiger partial charge in [0.15, 0.2) is 0 Å². The van der Waals surface area contributed by atoms with Crippen molar-refractivity contribution in [2.75, 3.05) is 45.4 Å². The van der Waals surface area contributed by atoms with E-state index in [0.29, 0.717) is 44.2 Å². The van der Waals surface area contributed by atoms with Crippen molar-refractivity contribution in [3.8, 4) is 5.75 Å². The molecule has 0 N–H and O–H groups in total. The molecule has 0 bridgehead atoms. The number of anilines is 1. The van der Waals surface area contributed by atoms with Gasteiger partial charge in [0, 0.05) is 24.8 Å². The summed E-state index contributed by atoms with van der Waals surface area (Å²) in [5.74, 6) is 0.291. The SMILES string of the molecule is COC(=O)c1ccc(CN(C(=O)N2CCOCC2)c2cccc(OC)c2)cc1. The molecule has 1 saturated heterocycles. The summed E-state index contributed by atoms with van der Waals surface area (Å²) in [6, 6.07) is 14.4. The number of amides is 2. The third kappa shape index (κ3) is 4.61. The second kappa shape index (κ2) is 9.23. The standard InChI is InChI=1S/C21H24N2O5/c1-26-19-5-3-4-18(14-19)23(21(25)22-10-12-28-13-11-22)15-16-6-8-17(9-7-16)20(24)27-2/h3-9,14H,10-13,15H2,1-2H3. The lowest BCUT2D eigenvalue weighted by molar-refractivity contribution is 0.0548. The molecule has 3 rings (SSSR count). The van der Waals surface area contributed by atoms with E-state index in [0.717, 1.165) is 11.3 Å². The van der Waals surface area contributed by atoms with Crippen molar-refractivity contribution in [1.29, 1.82) is 0 Å². The van der Waals surface area contributed by atoms with Crippen LogP contribution < -0.4 is 9.64 Å². The topological polar surface area (TPSA) is 68.3 Å². The number of nitrogens with zero attached hydrogens (tertiary/aromatic N) is 2. The summed E-state index contributed by atoms with van der Waals surface area (Å²) in [5, 5.41) is 0. The highest BCUT2D eigenvalue weighted by molar-refractivity contribution is 5.92. The Kier molecular flexibility index (Phi) is 6.49. The average Bonchev–Trinajstić information content (AvgIpc) is 2.77. The largest absolute Gasteiger partial charge is 0.497 e. The van der Waals surface area contributed by atoms with E-state index in [1.807, 2.05) is 36.4 Å². The van der Waals surface area contributed by atoms with Crippen molar-refractivity contribution >= 4 is 17.7 Å². The lowest BCUT2D eigenvalue weighted by atomic mass is 10.1. The molecule has 148 valence electrons. The smallest absolute Gasteiger partial charge is 0.337 e. The molecule has 2 amide bonds. The van der Waals surface area contributed by atoms with Gasteiger partial charge in [-0.25, -0.2) is 9.59 Å². The fourth-order valence-electron chi connectivity index (χ4n) is 3.02. The summed E-state index contributed by atoms with van der Waals surface area (Å²) >= 11 is 0. The van der Waals surface area contributed by atoms with Crippen LogP contribution in [0.3, 0.4) is 0 Å². The van der Waals surface area contributed by atoms with Crippen LogP contribution in [0.4, 0.5) is 10.5 Å². The van der Waals surface area contributed by atoms with Gasteiger partial charge in [0.2, 0.25) is 0 Å². The summed E-state index contributed by atoms with van der Waals surface area (Å²) in [7, 11) is 2.94. The van der Waals surface area contributed by atoms with Gasteiger partial charge in [-0.05, 0) is 29.8 Å². The quantitative estimate of drug-likeness (QED) is 0.742. The van der Waals surface area contributed by atoms with Gasteiger partial charge in [0.05, 0.1) is 39.5 Å². The predicted molar refractivity (Wildman–Crippen MR) is 105 cm³/mol. The molecule has 1 fully saturated rings. The molecule has 0 spiro atoms. The molecule has 28 heavy (non-hydrogen) atoms. The number of rotatable bonds is 5. The molecule has 7 heteroatoms. The number of hydrogen-bond acceptors (Lipinski definition) is 5. The van der Waals surface area contributed by atoms with E-state index in [-0.39, 0.29) is 12.0 Å². The Labute approximate surface area is 164 Å². The first-order valence-corrected chi connectivity index (χ1v) is 9.08. The number of morpholine rings is 1. The average molecular weight is 384 g/mol. The van der Waals surface area contributed by atoms with Gasteiger partial charge in [-0.2, -0.15) is 0 Å². The minimum Gasteiger partial charge on any atom is -0.497 e. The van der Waals surface area contributed by atoms with Gasteiger partial charge in [-0.1, -0.05) is 18.2 Å². The van der Waals surface area contributed by atoms with Crippen LogP contribution >= 0.6 is 0 Å². The number of methoxy groups -OCH3 is 2. The molecule has 2 aromatic carbocycles. The number of benzene rings is 2. The molecule has 1 heterocycles. The zero-order valence-corrected chi connectivity index (χ0v) is 16.1. The molecule has 0 unspecified atom stereocenters. The van der Waals surface area contributed by atoms with Gasteiger partial charge in [-0.15, -0.1) is 0 Å². The molecule has 1 aliphatic rings. The molecular weight excluding hydrogens is 360 g/mol. The maximum Gasteiger partial charge on any atom is 0.337 e. The molecule has 0 aliphatic carbocycles. The Morgan fingerprint density at radius 2 is 1.79 bits per heavy atom. The van der Waals surface area contributed by atoms with E-state index in [1.165, 1.54) is 7.11 Å². The molecule has 7 nitrogen and oxygen atoms in total. The lowest BCUT2D eigenvalue weighted by Crippen LogP contribution is -2.48. The van der Waals surface area contributed by atoms with Crippen molar-refractivity contribution in [1.82, 2.24) is 4.90 Å². The Bertz CT molecular complexity index is 816. The van der Waals surface area contributed by atoms with Crippen LogP contribution in [-0.2, 0) is 16.0 Å². The van der Waals surface area contributed by atoms with Gasteiger partial charge in [0.25, 0.3) is 0 Å². The Morgan fingerprint density at radius 1 is 1.07 bits per heavy atom. The first-order chi connectivity index (χ1) is 13.6. The Balaban J connectivity index is 1.86. The first kappa shape index (κ1) is 19.7. The molecule has 1 aliphatic heterocycles. The molecule has 0 radical (unpaired) electrons. The van der Waals surface area contributed by atoms with Crippen LogP contribution in [0.2, 0.25) is 0 Å². The maximum absolute atomic E-state index is 13.2. The molecule has 2 aromatic rings. The number of urea groups is 1. The molecular formula is C21H24N2O5. The third-order valence-electron chi connectivity index (χ3n) is 4.59. The van der Waals surface area contributed by atoms with E-state index in [2.05, 4.69) is 0 Å². The normalized spacial score (nSPS) is 13.7. The van der Waals surface area contributed by atoms with Crippen LogP contribution in [-0.4, -0.2) is 57.4 Å². The van der Waals surface area contributed by atoms with E-state index in [4.69, 9.17) is 14.2 Å². The zero-order chi connectivity index (χ0) is 19.9. The van der Waals surface area contributed by atoms with Gasteiger partial charge in [0.1, 0.15) is 5.75 Å². The summed E-state index contributed by atoms with van der Waals surface area (Å²) < 4.78 is 15.4. The first-order valence-electron chi connectivity index (χ1n) is 9.08. The van der Waals surface area contributed by atoms with Crippen molar-refractivity contribution < 1.29 is 23.8 Å². The van der Waals surface area contributed by atoms with E-state index >= 15 is 0 Å². The maximum atomic E-state index is 13.2. The third-order valence-corrected chi connectivity index (χ3v) is 4.59. The number of hydrogen-bond donors (Lipinski definition) is 0. The Hall–Kier alpha value is -3.06. The van der Waals surface area contributed by atoms with Crippen molar-refractivity contribution in [3.63, 3.8) is 0 Å². The van der Waals surface area contributed by atoms with Crippen molar-refractivity contribution in [3.05, 3.63) is 59.7 Å². The summed E-state index contributed by atoms with van der Waals surface area (Å²) in [4.78, 5) is 28.3. The van der Waals surface area contributed by atoms with Crippen LogP contribution in [0.5, 0.6) is 5.75 Å². The van der Waals surface area contributed by atoms with Gasteiger partial charge in [-0.3, -0.25) is 4.90 Å². The van der Waals surface area contributed by atoms with Crippen molar-refractivity contribution in [2.45, 2.75) is 6.54 Å². The lowest BCUT2D eigenvalue weighted by Gasteiger charge is -2.33. The minimum absolute atomic E-state index is 0.0893. The molecule has 0 saturated carbocycles. The highest BCUT2D eigenvalue weighted by Gasteiger charge is 2.24. The Morgan fingerprint density at radius 3 is 2.43 bits per heavy atom. The van der Waals surface area contributed by atoms with Crippen LogP contribution in [0.1, 0.15) is 15.9 Å². The van der Waals surface area contributed by atoms with E-state index in [9.17, 15) is 9.59 Å². The van der Waals surface area contributed by atoms with Crippen LogP contribution in [0, 0.1) is 0 Å². The number of carbonyl (C=O) groups excluding carboxylic acids is 2. The molecule has 0 atom stereocenters. The highest BCUT2D eigenvalue weighted by atomic mass is 16.5. The van der Waals surface area contributed by atoms with Crippen LogP contribution in [0.25, 0.3) is 0 Å². The van der Waals surface area contributed by atoms with Crippen molar-refractivity contribution in [2.24, 2.45) is 0 Å². The minimum atomic E-state index is -0.388. The summed E-state index contributed by atoms with van der Waals surface area (Å²) in [5.41, 5.74) is 2.11. The highest BCUT2D eigenvalue weighted by Crippen LogP contribution is 2.24. The fourth-order valence-corrected chi connectivity index (χ4v) is 3.02. The number of carbonyl (C=O) groups is 2. The number of esters is 1. The van der Waals surface area contributed by atoms with Gasteiger partial charge >= 0.3 is 12.0 Å². The predicted octanol–water partition coefficient (Wildman–Crippen LogP) is 2.94. The number of ether oxygens (including phenoxy) is 3. The summed E-state index contributed by atoms with van der Waals surface area (Å²) in [6.45, 7) is 2.54. The molecule has 0 aromatic heterocycles. The summed E-state index contributed by atoms with van der Waals surface area (Å²) in [6.07, 6.45) is 0. The van der Waals surface area contributed by atoms with Crippen LogP contribution in [0.15, 0.2) is 48.5 Å². The monoisotopic (exact) mass is 384 g/mol. The second-order valence-corrected chi connectivity index (χ2v) is 6.36. The van der Waals surface area contributed by atoms with Gasteiger partial charge < -0.3 is 19.1 Å².